The van der Waals surface area contributed by atoms with E-state index in [1.54, 1.807) is 0 Å². The predicted octanol–water partition coefficient (Wildman–Crippen LogP) is 0.365. The minimum atomic E-state index is -1.04. The van der Waals surface area contributed by atoms with Crippen LogP contribution < -0.4 is 10.1 Å². The number of fused-ring (bicyclic) bond motifs is 1. The Labute approximate surface area is 98.4 Å². The van der Waals surface area contributed by atoms with Crippen molar-refractivity contribution in [2.75, 3.05) is 13.2 Å². The number of benzene rings is 1. The molecule has 1 amide bonds. The zero-order valence-electron chi connectivity index (χ0n) is 9.23. The van der Waals surface area contributed by atoms with Gasteiger partial charge >= 0.3 is 5.97 Å². The standard InChI is InChI=1S/C12H13NO4/c14-11(13-7-12(15)16)6-8-1-2-10-9(5-8)3-4-17-10/h1-2,5H,3-4,6-7H2,(H,13,14)(H,15,16). The summed E-state index contributed by atoms with van der Waals surface area (Å²) in [5, 5.41) is 10.8. The van der Waals surface area contributed by atoms with E-state index in [0.717, 1.165) is 23.3 Å². The van der Waals surface area contributed by atoms with E-state index in [2.05, 4.69) is 5.32 Å². The van der Waals surface area contributed by atoms with Gasteiger partial charge in [-0.05, 0) is 17.2 Å². The van der Waals surface area contributed by atoms with Crippen molar-refractivity contribution in [1.29, 1.82) is 0 Å². The molecule has 0 fully saturated rings. The quantitative estimate of drug-likeness (QED) is 0.790. The molecule has 0 atom stereocenters. The van der Waals surface area contributed by atoms with E-state index in [1.807, 2.05) is 18.2 Å². The molecule has 1 aliphatic heterocycles. The van der Waals surface area contributed by atoms with Gasteiger partial charge in [-0.15, -0.1) is 0 Å². The maximum atomic E-state index is 11.4. The van der Waals surface area contributed by atoms with Gasteiger partial charge in [0.25, 0.3) is 0 Å². The fraction of sp³-hybridized carbons (Fsp3) is 0.333. The van der Waals surface area contributed by atoms with Crippen LogP contribution in [0.15, 0.2) is 18.2 Å². The minimum absolute atomic E-state index is 0.195. The van der Waals surface area contributed by atoms with Gasteiger partial charge in [-0.1, -0.05) is 12.1 Å². The lowest BCUT2D eigenvalue weighted by molar-refractivity contribution is -0.137. The van der Waals surface area contributed by atoms with Gasteiger partial charge < -0.3 is 15.2 Å². The number of hydrogen-bond acceptors (Lipinski definition) is 3. The maximum absolute atomic E-state index is 11.4. The van der Waals surface area contributed by atoms with E-state index in [9.17, 15) is 9.59 Å². The summed E-state index contributed by atoms with van der Waals surface area (Å²) in [5.41, 5.74) is 1.98. The number of carbonyl (C=O) groups is 2. The lowest BCUT2D eigenvalue weighted by Gasteiger charge is -2.04. The molecule has 1 heterocycles. The first-order valence-corrected chi connectivity index (χ1v) is 5.38. The van der Waals surface area contributed by atoms with Gasteiger partial charge in [-0.3, -0.25) is 9.59 Å². The fourth-order valence-corrected chi connectivity index (χ4v) is 1.77. The lowest BCUT2D eigenvalue weighted by atomic mass is 10.1. The third-order valence-corrected chi connectivity index (χ3v) is 2.56. The van der Waals surface area contributed by atoms with Crippen LogP contribution in [0.5, 0.6) is 5.75 Å². The van der Waals surface area contributed by atoms with Crippen LogP contribution in [0.1, 0.15) is 11.1 Å². The number of amides is 1. The van der Waals surface area contributed by atoms with Crippen LogP contribution in [0.2, 0.25) is 0 Å². The number of aliphatic carboxylic acids is 1. The Bertz CT molecular complexity index is 456. The molecule has 0 saturated heterocycles. The highest BCUT2D eigenvalue weighted by molar-refractivity contribution is 5.82. The predicted molar refractivity (Wildman–Crippen MR) is 60.0 cm³/mol. The fourth-order valence-electron chi connectivity index (χ4n) is 1.77. The van der Waals surface area contributed by atoms with Crippen LogP contribution >= 0.6 is 0 Å². The molecule has 2 rings (SSSR count). The molecular weight excluding hydrogens is 222 g/mol. The topological polar surface area (TPSA) is 75.6 Å². The second-order valence-corrected chi connectivity index (χ2v) is 3.89. The van der Waals surface area contributed by atoms with Crippen LogP contribution in [0.25, 0.3) is 0 Å². The van der Waals surface area contributed by atoms with E-state index in [0.29, 0.717) is 6.61 Å². The molecule has 5 heteroatoms. The minimum Gasteiger partial charge on any atom is -0.493 e. The van der Waals surface area contributed by atoms with Crippen molar-refractivity contribution in [2.24, 2.45) is 0 Å². The Kier molecular flexibility index (Phi) is 3.27. The highest BCUT2D eigenvalue weighted by Crippen LogP contribution is 2.25. The molecule has 0 aromatic heterocycles. The van der Waals surface area contributed by atoms with Crippen LogP contribution in [-0.4, -0.2) is 30.1 Å². The van der Waals surface area contributed by atoms with Crippen molar-refractivity contribution >= 4 is 11.9 Å². The molecule has 1 aliphatic rings. The molecule has 5 nitrogen and oxygen atoms in total. The molecule has 17 heavy (non-hydrogen) atoms. The first-order valence-electron chi connectivity index (χ1n) is 5.38. The van der Waals surface area contributed by atoms with Gasteiger partial charge in [-0.25, -0.2) is 0 Å². The number of nitrogens with one attached hydrogen (secondary N) is 1. The van der Waals surface area contributed by atoms with Crippen molar-refractivity contribution in [2.45, 2.75) is 12.8 Å². The molecule has 0 aliphatic carbocycles. The van der Waals surface area contributed by atoms with Crippen LogP contribution in [0.3, 0.4) is 0 Å². The second-order valence-electron chi connectivity index (χ2n) is 3.89. The monoisotopic (exact) mass is 235 g/mol. The van der Waals surface area contributed by atoms with Gasteiger partial charge in [0.1, 0.15) is 12.3 Å². The highest BCUT2D eigenvalue weighted by atomic mass is 16.5. The van der Waals surface area contributed by atoms with E-state index in [4.69, 9.17) is 9.84 Å². The van der Waals surface area contributed by atoms with E-state index in [-0.39, 0.29) is 18.9 Å². The van der Waals surface area contributed by atoms with Crippen molar-refractivity contribution in [3.8, 4) is 5.75 Å². The van der Waals surface area contributed by atoms with Gasteiger partial charge in [0.15, 0.2) is 0 Å². The first kappa shape index (κ1) is 11.4. The normalized spacial score (nSPS) is 12.7. The summed E-state index contributed by atoms with van der Waals surface area (Å²) in [7, 11) is 0. The SMILES string of the molecule is O=C(O)CNC(=O)Cc1ccc2c(c1)CCO2. The molecule has 1 aromatic carbocycles. The Morgan fingerprint density at radius 1 is 1.41 bits per heavy atom. The summed E-state index contributed by atoms with van der Waals surface area (Å²) in [6, 6.07) is 5.61. The number of rotatable bonds is 4. The van der Waals surface area contributed by atoms with Gasteiger partial charge in [-0.2, -0.15) is 0 Å². The highest BCUT2D eigenvalue weighted by Gasteiger charge is 2.13. The number of carboxylic acid groups (broad SMARTS) is 1. The number of carbonyl (C=O) groups excluding carboxylic acids is 1. The van der Waals surface area contributed by atoms with Crippen LogP contribution in [0.4, 0.5) is 0 Å². The smallest absolute Gasteiger partial charge is 0.322 e. The van der Waals surface area contributed by atoms with Crippen LogP contribution in [-0.2, 0) is 22.4 Å². The summed E-state index contributed by atoms with van der Waals surface area (Å²) in [6.45, 7) is 0.344. The average molecular weight is 235 g/mol. The summed E-state index contributed by atoms with van der Waals surface area (Å²) in [4.78, 5) is 21.7. The number of carboxylic acids is 1. The van der Waals surface area contributed by atoms with Gasteiger partial charge in [0, 0.05) is 6.42 Å². The maximum Gasteiger partial charge on any atom is 0.322 e. The summed E-state index contributed by atoms with van der Waals surface area (Å²) >= 11 is 0. The van der Waals surface area contributed by atoms with E-state index in [1.165, 1.54) is 0 Å². The molecule has 0 saturated carbocycles. The molecular formula is C12H13NO4. The van der Waals surface area contributed by atoms with Crippen molar-refractivity contribution in [3.05, 3.63) is 29.3 Å². The third kappa shape index (κ3) is 2.96. The Morgan fingerprint density at radius 2 is 2.24 bits per heavy atom. The molecule has 0 radical (unpaired) electrons. The third-order valence-electron chi connectivity index (χ3n) is 2.56. The molecule has 2 N–H and O–H groups in total. The number of ether oxygens (including phenoxy) is 1. The molecule has 0 bridgehead atoms. The summed E-state index contributed by atoms with van der Waals surface area (Å²) < 4.78 is 5.36. The van der Waals surface area contributed by atoms with Crippen molar-refractivity contribution < 1.29 is 19.4 Å². The van der Waals surface area contributed by atoms with Gasteiger partial charge in [0.05, 0.1) is 13.0 Å². The average Bonchev–Trinajstić information content (AvgIpc) is 2.73. The van der Waals surface area contributed by atoms with Crippen LogP contribution in [0, 0.1) is 0 Å². The largest absolute Gasteiger partial charge is 0.493 e. The van der Waals surface area contributed by atoms with E-state index < -0.39 is 5.97 Å². The Balaban J connectivity index is 1.95. The molecule has 1 aromatic rings. The zero-order chi connectivity index (χ0) is 12.3. The summed E-state index contributed by atoms with van der Waals surface area (Å²) in [5.74, 6) is -0.452. The van der Waals surface area contributed by atoms with Crippen molar-refractivity contribution in [3.63, 3.8) is 0 Å². The second kappa shape index (κ2) is 4.86. The van der Waals surface area contributed by atoms with Crippen molar-refractivity contribution in [1.82, 2.24) is 5.32 Å². The molecule has 0 spiro atoms. The Morgan fingerprint density at radius 3 is 3.00 bits per heavy atom. The molecule has 0 unspecified atom stereocenters. The summed E-state index contributed by atoms with van der Waals surface area (Å²) in [6.07, 6.45) is 1.06. The van der Waals surface area contributed by atoms with E-state index >= 15 is 0 Å². The van der Waals surface area contributed by atoms with Gasteiger partial charge in [0.2, 0.25) is 5.91 Å². The molecule has 90 valence electrons. The zero-order valence-corrected chi connectivity index (χ0v) is 9.23. The lowest BCUT2D eigenvalue weighted by Crippen LogP contribution is -2.30. The first-order chi connectivity index (χ1) is 8.15. The number of hydrogen-bond donors (Lipinski definition) is 2. The Hall–Kier alpha value is -2.04.